The third-order valence-electron chi connectivity index (χ3n) is 3.96. The summed E-state index contributed by atoms with van der Waals surface area (Å²) in [6.07, 6.45) is 3.26. The van der Waals surface area contributed by atoms with Gasteiger partial charge in [-0.2, -0.15) is 0 Å². The molecule has 0 aliphatic carbocycles. The molecule has 18 heavy (non-hydrogen) atoms. The molecule has 1 aromatic rings. The van der Waals surface area contributed by atoms with Crippen molar-refractivity contribution in [3.63, 3.8) is 0 Å². The van der Waals surface area contributed by atoms with Crippen LogP contribution < -0.4 is 0 Å². The SMILES string of the molecule is CCC1(CC)COC(c2ccc(C=N)cc2)OC1. The number of rotatable bonds is 4. The monoisotopic (exact) mass is 247 g/mol. The fraction of sp³-hybridized carbons (Fsp3) is 0.533. The van der Waals surface area contributed by atoms with Crippen molar-refractivity contribution in [2.45, 2.75) is 33.0 Å². The first-order valence-corrected chi connectivity index (χ1v) is 6.56. The van der Waals surface area contributed by atoms with Gasteiger partial charge in [0.05, 0.1) is 13.2 Å². The van der Waals surface area contributed by atoms with Gasteiger partial charge in [-0.1, -0.05) is 38.1 Å². The fourth-order valence-corrected chi connectivity index (χ4v) is 2.19. The van der Waals surface area contributed by atoms with Crippen molar-refractivity contribution in [3.8, 4) is 0 Å². The Morgan fingerprint density at radius 2 is 1.72 bits per heavy atom. The highest BCUT2D eigenvalue weighted by atomic mass is 16.7. The molecule has 0 saturated carbocycles. The van der Waals surface area contributed by atoms with Crippen LogP contribution in [0.3, 0.4) is 0 Å². The Morgan fingerprint density at radius 1 is 1.17 bits per heavy atom. The largest absolute Gasteiger partial charge is 0.348 e. The predicted molar refractivity (Wildman–Crippen MR) is 72.0 cm³/mol. The lowest BCUT2D eigenvalue weighted by Gasteiger charge is -2.39. The Balaban J connectivity index is 2.02. The van der Waals surface area contributed by atoms with E-state index < -0.39 is 0 Å². The number of nitrogens with one attached hydrogen (secondary N) is 1. The summed E-state index contributed by atoms with van der Waals surface area (Å²) in [7, 11) is 0. The minimum atomic E-state index is -0.254. The molecule has 1 N–H and O–H groups in total. The first-order valence-electron chi connectivity index (χ1n) is 6.56. The van der Waals surface area contributed by atoms with Gasteiger partial charge in [0.2, 0.25) is 0 Å². The van der Waals surface area contributed by atoms with Crippen LogP contribution in [0.25, 0.3) is 0 Å². The Bertz CT molecular complexity index is 385. The molecule has 1 fully saturated rings. The predicted octanol–water partition coefficient (Wildman–Crippen LogP) is 3.54. The molecule has 1 heterocycles. The van der Waals surface area contributed by atoms with Crippen LogP contribution in [-0.2, 0) is 9.47 Å². The number of ether oxygens (including phenoxy) is 2. The third-order valence-corrected chi connectivity index (χ3v) is 3.96. The zero-order chi connectivity index (χ0) is 13.0. The topological polar surface area (TPSA) is 42.3 Å². The molecule has 1 aliphatic heterocycles. The lowest BCUT2D eigenvalue weighted by Crippen LogP contribution is -2.37. The minimum Gasteiger partial charge on any atom is -0.348 e. The smallest absolute Gasteiger partial charge is 0.183 e. The molecule has 0 spiro atoms. The Morgan fingerprint density at radius 3 is 2.17 bits per heavy atom. The molecule has 0 atom stereocenters. The van der Waals surface area contributed by atoms with Gasteiger partial charge in [0.15, 0.2) is 6.29 Å². The first-order chi connectivity index (χ1) is 8.73. The summed E-state index contributed by atoms with van der Waals surface area (Å²) in [6, 6.07) is 7.76. The third kappa shape index (κ3) is 2.62. The van der Waals surface area contributed by atoms with Crippen LogP contribution in [0, 0.1) is 10.8 Å². The molecule has 2 rings (SSSR count). The van der Waals surface area contributed by atoms with Gasteiger partial charge in [0, 0.05) is 17.2 Å². The van der Waals surface area contributed by atoms with Crippen LogP contribution in [0.5, 0.6) is 0 Å². The van der Waals surface area contributed by atoms with Crippen LogP contribution in [0.4, 0.5) is 0 Å². The van der Waals surface area contributed by atoms with Crippen molar-refractivity contribution in [2.24, 2.45) is 5.41 Å². The molecule has 98 valence electrons. The average Bonchev–Trinajstić information content (AvgIpc) is 2.47. The maximum absolute atomic E-state index is 7.17. The van der Waals surface area contributed by atoms with Crippen molar-refractivity contribution in [1.82, 2.24) is 0 Å². The van der Waals surface area contributed by atoms with E-state index >= 15 is 0 Å². The van der Waals surface area contributed by atoms with Gasteiger partial charge in [-0.05, 0) is 18.4 Å². The summed E-state index contributed by atoms with van der Waals surface area (Å²) in [5.41, 5.74) is 2.11. The second-order valence-corrected chi connectivity index (χ2v) is 4.97. The first kappa shape index (κ1) is 13.2. The van der Waals surface area contributed by atoms with E-state index in [9.17, 15) is 0 Å². The fourth-order valence-electron chi connectivity index (χ4n) is 2.19. The van der Waals surface area contributed by atoms with E-state index in [0.29, 0.717) is 0 Å². The Kier molecular flexibility index (Phi) is 4.15. The van der Waals surface area contributed by atoms with Crippen LogP contribution in [0.2, 0.25) is 0 Å². The summed E-state index contributed by atoms with van der Waals surface area (Å²) in [5, 5.41) is 7.17. The van der Waals surface area contributed by atoms with E-state index in [0.717, 1.165) is 37.2 Å². The molecular weight excluding hydrogens is 226 g/mol. The Hall–Kier alpha value is -1.19. The molecule has 3 nitrogen and oxygen atoms in total. The molecule has 1 saturated heterocycles. The number of hydrogen-bond acceptors (Lipinski definition) is 3. The highest BCUT2D eigenvalue weighted by Gasteiger charge is 2.34. The van der Waals surface area contributed by atoms with E-state index in [1.807, 2.05) is 24.3 Å². The second kappa shape index (κ2) is 5.63. The van der Waals surface area contributed by atoms with Gasteiger partial charge < -0.3 is 14.9 Å². The zero-order valence-electron chi connectivity index (χ0n) is 11.1. The molecule has 0 amide bonds. The van der Waals surface area contributed by atoms with Gasteiger partial charge in [0.25, 0.3) is 0 Å². The molecule has 0 radical (unpaired) electrons. The molecule has 1 aromatic carbocycles. The lowest BCUT2D eigenvalue weighted by molar-refractivity contribution is -0.235. The van der Waals surface area contributed by atoms with Crippen molar-refractivity contribution < 1.29 is 9.47 Å². The van der Waals surface area contributed by atoms with E-state index in [1.54, 1.807) is 0 Å². The van der Waals surface area contributed by atoms with Crippen LogP contribution in [0.1, 0.15) is 44.1 Å². The molecule has 0 bridgehead atoms. The summed E-state index contributed by atoms with van der Waals surface area (Å²) in [6.45, 7) is 5.90. The van der Waals surface area contributed by atoms with E-state index in [-0.39, 0.29) is 11.7 Å². The quantitative estimate of drug-likeness (QED) is 0.827. The van der Waals surface area contributed by atoms with Crippen LogP contribution >= 0.6 is 0 Å². The summed E-state index contributed by atoms with van der Waals surface area (Å²) in [5.74, 6) is 0. The summed E-state index contributed by atoms with van der Waals surface area (Å²) >= 11 is 0. The van der Waals surface area contributed by atoms with Crippen molar-refractivity contribution in [2.75, 3.05) is 13.2 Å². The van der Waals surface area contributed by atoms with E-state index in [2.05, 4.69) is 13.8 Å². The van der Waals surface area contributed by atoms with E-state index in [4.69, 9.17) is 14.9 Å². The van der Waals surface area contributed by atoms with E-state index in [1.165, 1.54) is 6.21 Å². The number of benzene rings is 1. The highest BCUT2D eigenvalue weighted by molar-refractivity contribution is 5.76. The average molecular weight is 247 g/mol. The summed E-state index contributed by atoms with van der Waals surface area (Å²) in [4.78, 5) is 0. The lowest BCUT2D eigenvalue weighted by atomic mass is 9.83. The molecular formula is C15H21NO2. The summed E-state index contributed by atoms with van der Waals surface area (Å²) < 4.78 is 11.7. The standard InChI is InChI=1S/C15H21NO2/c1-3-15(4-2)10-17-14(18-11-15)13-7-5-12(9-16)6-8-13/h5-9,14,16H,3-4,10-11H2,1-2H3. The van der Waals surface area contributed by atoms with Gasteiger partial charge >= 0.3 is 0 Å². The maximum Gasteiger partial charge on any atom is 0.183 e. The Labute approximate surface area is 109 Å². The van der Waals surface area contributed by atoms with Gasteiger partial charge in [-0.15, -0.1) is 0 Å². The zero-order valence-corrected chi connectivity index (χ0v) is 11.1. The molecule has 0 aromatic heterocycles. The maximum atomic E-state index is 7.17. The second-order valence-electron chi connectivity index (χ2n) is 4.97. The van der Waals surface area contributed by atoms with Crippen molar-refractivity contribution in [1.29, 1.82) is 5.41 Å². The highest BCUT2D eigenvalue weighted by Crippen LogP contribution is 2.36. The van der Waals surface area contributed by atoms with Gasteiger partial charge in [-0.3, -0.25) is 0 Å². The van der Waals surface area contributed by atoms with Gasteiger partial charge in [0.1, 0.15) is 0 Å². The molecule has 1 aliphatic rings. The van der Waals surface area contributed by atoms with Crippen LogP contribution in [-0.4, -0.2) is 19.4 Å². The van der Waals surface area contributed by atoms with Crippen molar-refractivity contribution in [3.05, 3.63) is 35.4 Å². The number of hydrogen-bond donors (Lipinski definition) is 1. The van der Waals surface area contributed by atoms with Crippen molar-refractivity contribution >= 4 is 6.21 Å². The van der Waals surface area contributed by atoms with Crippen LogP contribution in [0.15, 0.2) is 24.3 Å². The van der Waals surface area contributed by atoms with Gasteiger partial charge in [-0.25, -0.2) is 0 Å². The normalized spacial score (nSPS) is 19.7. The molecule has 0 unspecified atom stereocenters. The molecule has 3 heteroatoms. The minimum absolute atomic E-state index is 0.186.